The van der Waals surface area contributed by atoms with E-state index in [-0.39, 0.29) is 5.03 Å². The Hall–Kier alpha value is -2.60. The van der Waals surface area contributed by atoms with Gasteiger partial charge in [-0.25, -0.2) is 4.98 Å². The summed E-state index contributed by atoms with van der Waals surface area (Å²) in [7, 11) is -3.71. The zero-order chi connectivity index (χ0) is 15.6. The lowest BCUT2D eigenvalue weighted by atomic mass is 10.1. The summed E-state index contributed by atoms with van der Waals surface area (Å²) in [4.78, 5) is 3.88. The SMILES string of the molecule is Cc1ccc(-c2ccco2)cc1NS(=O)(=O)c1ccccn1. The lowest BCUT2D eigenvalue weighted by molar-refractivity contribution is 0.582. The van der Waals surface area contributed by atoms with Gasteiger partial charge in [0.25, 0.3) is 10.0 Å². The Kier molecular flexibility index (Phi) is 3.68. The molecule has 0 aliphatic carbocycles. The van der Waals surface area contributed by atoms with Crippen molar-refractivity contribution in [3.63, 3.8) is 0 Å². The molecule has 0 radical (unpaired) electrons. The average Bonchev–Trinajstić information content (AvgIpc) is 3.04. The van der Waals surface area contributed by atoms with Gasteiger partial charge in [0.1, 0.15) is 5.76 Å². The number of pyridine rings is 1. The van der Waals surface area contributed by atoms with Gasteiger partial charge in [-0.2, -0.15) is 8.42 Å². The van der Waals surface area contributed by atoms with E-state index in [1.165, 1.54) is 12.3 Å². The van der Waals surface area contributed by atoms with Gasteiger partial charge in [0.2, 0.25) is 0 Å². The normalized spacial score (nSPS) is 11.3. The van der Waals surface area contributed by atoms with Crippen LogP contribution in [-0.4, -0.2) is 13.4 Å². The van der Waals surface area contributed by atoms with Gasteiger partial charge in [-0.1, -0.05) is 18.2 Å². The molecule has 22 heavy (non-hydrogen) atoms. The van der Waals surface area contributed by atoms with Crippen molar-refractivity contribution in [2.24, 2.45) is 0 Å². The Balaban J connectivity index is 1.97. The molecule has 0 aliphatic heterocycles. The number of hydrogen-bond donors (Lipinski definition) is 1. The summed E-state index contributed by atoms with van der Waals surface area (Å²) >= 11 is 0. The van der Waals surface area contributed by atoms with Crippen molar-refractivity contribution in [1.82, 2.24) is 4.98 Å². The van der Waals surface area contributed by atoms with Crippen molar-refractivity contribution < 1.29 is 12.8 Å². The molecule has 3 rings (SSSR count). The standard InChI is InChI=1S/C16H14N2O3S/c1-12-7-8-13(15-5-4-10-21-15)11-14(12)18-22(19,20)16-6-2-3-9-17-16/h2-11,18H,1H3. The van der Waals surface area contributed by atoms with E-state index >= 15 is 0 Å². The molecule has 2 heterocycles. The van der Waals surface area contributed by atoms with E-state index in [4.69, 9.17) is 4.42 Å². The fourth-order valence-corrected chi connectivity index (χ4v) is 3.10. The number of nitrogens with one attached hydrogen (secondary N) is 1. The zero-order valence-electron chi connectivity index (χ0n) is 11.9. The number of hydrogen-bond acceptors (Lipinski definition) is 4. The highest BCUT2D eigenvalue weighted by Crippen LogP contribution is 2.27. The van der Waals surface area contributed by atoms with Crippen LogP contribution in [0.1, 0.15) is 5.56 Å². The molecule has 2 aromatic heterocycles. The highest BCUT2D eigenvalue weighted by atomic mass is 32.2. The van der Waals surface area contributed by atoms with Crippen LogP contribution in [0.4, 0.5) is 5.69 Å². The van der Waals surface area contributed by atoms with Crippen LogP contribution >= 0.6 is 0 Å². The number of nitrogens with zero attached hydrogens (tertiary/aromatic N) is 1. The van der Waals surface area contributed by atoms with Crippen LogP contribution in [0.25, 0.3) is 11.3 Å². The fourth-order valence-electron chi connectivity index (χ4n) is 2.03. The Bertz CT molecular complexity index is 873. The summed E-state index contributed by atoms with van der Waals surface area (Å²) in [6, 6.07) is 13.8. The minimum atomic E-state index is -3.71. The third-order valence-corrected chi connectivity index (χ3v) is 4.48. The molecule has 6 heteroatoms. The second-order valence-electron chi connectivity index (χ2n) is 4.78. The van der Waals surface area contributed by atoms with Crippen molar-refractivity contribution in [3.05, 3.63) is 66.6 Å². The lowest BCUT2D eigenvalue weighted by Gasteiger charge is -2.11. The fraction of sp³-hybridized carbons (Fsp3) is 0.0625. The summed E-state index contributed by atoms with van der Waals surface area (Å²) in [5.74, 6) is 0.679. The number of rotatable bonds is 4. The first-order chi connectivity index (χ1) is 10.6. The first-order valence-electron chi connectivity index (χ1n) is 6.65. The number of aromatic nitrogens is 1. The Morgan fingerprint density at radius 2 is 1.95 bits per heavy atom. The number of anilines is 1. The first kappa shape index (κ1) is 14.3. The maximum Gasteiger partial charge on any atom is 0.279 e. The molecule has 112 valence electrons. The van der Waals surface area contributed by atoms with Gasteiger partial charge in [-0.05, 0) is 42.8 Å². The van der Waals surface area contributed by atoms with E-state index in [9.17, 15) is 8.42 Å². The van der Waals surface area contributed by atoms with Crippen LogP contribution in [0.3, 0.4) is 0 Å². The molecule has 0 aliphatic rings. The molecule has 0 amide bonds. The minimum Gasteiger partial charge on any atom is -0.464 e. The maximum absolute atomic E-state index is 12.4. The van der Waals surface area contributed by atoms with E-state index in [2.05, 4.69) is 9.71 Å². The minimum absolute atomic E-state index is 0.0159. The van der Waals surface area contributed by atoms with Crippen molar-refractivity contribution >= 4 is 15.7 Å². The molecule has 3 aromatic rings. The molecule has 0 spiro atoms. The van der Waals surface area contributed by atoms with Crippen molar-refractivity contribution in [2.45, 2.75) is 11.9 Å². The predicted molar refractivity (Wildman–Crippen MR) is 83.9 cm³/mol. The molecular formula is C16H14N2O3S. The van der Waals surface area contributed by atoms with Gasteiger partial charge < -0.3 is 4.42 Å². The van der Waals surface area contributed by atoms with E-state index in [1.54, 1.807) is 30.5 Å². The van der Waals surface area contributed by atoms with Gasteiger partial charge in [-0.15, -0.1) is 0 Å². The average molecular weight is 314 g/mol. The Labute approximate surface area is 128 Å². The van der Waals surface area contributed by atoms with Gasteiger partial charge in [0, 0.05) is 11.8 Å². The zero-order valence-corrected chi connectivity index (χ0v) is 12.7. The van der Waals surface area contributed by atoms with E-state index in [0.717, 1.165) is 11.1 Å². The quantitative estimate of drug-likeness (QED) is 0.800. The van der Waals surface area contributed by atoms with Crippen LogP contribution in [0.2, 0.25) is 0 Å². The van der Waals surface area contributed by atoms with Crippen LogP contribution in [0.5, 0.6) is 0 Å². The van der Waals surface area contributed by atoms with Crippen molar-refractivity contribution in [3.8, 4) is 11.3 Å². The van der Waals surface area contributed by atoms with E-state index in [1.807, 2.05) is 25.1 Å². The molecule has 1 N–H and O–H groups in total. The van der Waals surface area contributed by atoms with Crippen molar-refractivity contribution in [1.29, 1.82) is 0 Å². The topological polar surface area (TPSA) is 72.2 Å². The number of furan rings is 1. The van der Waals surface area contributed by atoms with Crippen LogP contribution in [0.15, 0.2) is 70.4 Å². The summed E-state index contributed by atoms with van der Waals surface area (Å²) in [5, 5.41) is -0.0159. The molecule has 0 unspecified atom stereocenters. The smallest absolute Gasteiger partial charge is 0.279 e. The molecular weight excluding hydrogens is 300 g/mol. The molecule has 0 fully saturated rings. The number of benzene rings is 1. The molecule has 1 aromatic carbocycles. The second kappa shape index (κ2) is 5.65. The van der Waals surface area contributed by atoms with Gasteiger partial charge in [0.05, 0.1) is 12.0 Å². The molecule has 0 bridgehead atoms. The first-order valence-corrected chi connectivity index (χ1v) is 8.13. The summed E-state index contributed by atoms with van der Waals surface area (Å²) < 4.78 is 32.6. The monoisotopic (exact) mass is 314 g/mol. The molecule has 5 nitrogen and oxygen atoms in total. The summed E-state index contributed by atoms with van der Waals surface area (Å²) in [5.41, 5.74) is 2.11. The second-order valence-corrected chi connectivity index (χ2v) is 6.41. The molecule has 0 atom stereocenters. The highest BCUT2D eigenvalue weighted by Gasteiger charge is 2.17. The largest absolute Gasteiger partial charge is 0.464 e. The number of sulfonamides is 1. The Morgan fingerprint density at radius 3 is 2.64 bits per heavy atom. The van der Waals surface area contributed by atoms with Gasteiger partial charge >= 0.3 is 0 Å². The highest BCUT2D eigenvalue weighted by molar-refractivity contribution is 7.92. The van der Waals surface area contributed by atoms with Crippen LogP contribution in [0, 0.1) is 6.92 Å². The lowest BCUT2D eigenvalue weighted by Crippen LogP contribution is -2.15. The number of aryl methyl sites for hydroxylation is 1. The molecule has 0 saturated heterocycles. The van der Waals surface area contributed by atoms with E-state index < -0.39 is 10.0 Å². The summed E-state index contributed by atoms with van der Waals surface area (Å²) in [6.07, 6.45) is 3.02. The van der Waals surface area contributed by atoms with Gasteiger partial charge in [0.15, 0.2) is 5.03 Å². The van der Waals surface area contributed by atoms with Crippen LogP contribution in [-0.2, 0) is 10.0 Å². The van der Waals surface area contributed by atoms with Gasteiger partial charge in [-0.3, -0.25) is 4.72 Å². The van der Waals surface area contributed by atoms with Crippen molar-refractivity contribution in [2.75, 3.05) is 4.72 Å². The third kappa shape index (κ3) is 2.87. The Morgan fingerprint density at radius 1 is 1.09 bits per heavy atom. The summed E-state index contributed by atoms with van der Waals surface area (Å²) in [6.45, 7) is 1.84. The maximum atomic E-state index is 12.4. The molecule has 0 saturated carbocycles. The van der Waals surface area contributed by atoms with E-state index in [0.29, 0.717) is 11.4 Å². The predicted octanol–water partition coefficient (Wildman–Crippen LogP) is 3.45. The third-order valence-electron chi connectivity index (χ3n) is 3.20. The van der Waals surface area contributed by atoms with Crippen LogP contribution < -0.4 is 4.72 Å².